The van der Waals surface area contributed by atoms with Crippen LogP contribution in [0.15, 0.2) is 18.2 Å². The average molecular weight is 227 g/mol. The van der Waals surface area contributed by atoms with Crippen LogP contribution in [0.4, 0.5) is 10.1 Å². The molecular weight excluding hydrogens is 209 g/mol. The van der Waals surface area contributed by atoms with Gasteiger partial charge in [-0.3, -0.25) is 0 Å². The fourth-order valence-electron chi connectivity index (χ4n) is 1.68. The first-order chi connectivity index (χ1) is 7.58. The van der Waals surface area contributed by atoms with Gasteiger partial charge in [-0.05, 0) is 37.6 Å². The lowest BCUT2D eigenvalue weighted by molar-refractivity contribution is 0.281. The van der Waals surface area contributed by atoms with Gasteiger partial charge >= 0.3 is 0 Å². The molecule has 0 aliphatic rings. The predicted octanol–water partition coefficient (Wildman–Crippen LogP) is 1.53. The number of aliphatic hydroxyl groups is 2. The smallest absolute Gasteiger partial charge is 0.125 e. The molecule has 0 aliphatic carbocycles. The van der Waals surface area contributed by atoms with Gasteiger partial charge in [-0.15, -0.1) is 0 Å². The standard InChI is InChI=1S/C12H18FNO2/c1-9(2)14(3-4-15)12-6-10(8-16)5-11(13)7-12/h5-7,9,15-16H,3-4,8H2,1-2H3. The lowest BCUT2D eigenvalue weighted by atomic mass is 10.1. The van der Waals surface area contributed by atoms with Gasteiger partial charge in [0.05, 0.1) is 13.2 Å². The fraction of sp³-hybridized carbons (Fsp3) is 0.500. The van der Waals surface area contributed by atoms with Gasteiger partial charge in [-0.25, -0.2) is 4.39 Å². The zero-order valence-electron chi connectivity index (χ0n) is 9.65. The molecule has 0 aromatic heterocycles. The third-order valence-corrected chi connectivity index (χ3v) is 2.42. The van der Waals surface area contributed by atoms with Crippen molar-refractivity contribution in [3.63, 3.8) is 0 Å². The van der Waals surface area contributed by atoms with Crippen molar-refractivity contribution in [3.8, 4) is 0 Å². The summed E-state index contributed by atoms with van der Waals surface area (Å²) in [4.78, 5) is 1.89. The van der Waals surface area contributed by atoms with Gasteiger partial charge in [-0.2, -0.15) is 0 Å². The molecule has 0 bridgehead atoms. The van der Waals surface area contributed by atoms with Crippen LogP contribution < -0.4 is 4.90 Å². The lowest BCUT2D eigenvalue weighted by Crippen LogP contribution is -2.33. The van der Waals surface area contributed by atoms with Gasteiger partial charge in [0.2, 0.25) is 0 Å². The molecule has 0 fully saturated rings. The Bertz CT molecular complexity index is 342. The number of anilines is 1. The summed E-state index contributed by atoms with van der Waals surface area (Å²) >= 11 is 0. The van der Waals surface area contributed by atoms with Gasteiger partial charge in [-0.1, -0.05) is 0 Å². The number of aliphatic hydroxyl groups excluding tert-OH is 2. The maximum absolute atomic E-state index is 13.3. The molecule has 0 unspecified atom stereocenters. The SMILES string of the molecule is CC(C)N(CCO)c1cc(F)cc(CO)c1. The minimum Gasteiger partial charge on any atom is -0.395 e. The van der Waals surface area contributed by atoms with E-state index in [0.29, 0.717) is 17.8 Å². The summed E-state index contributed by atoms with van der Waals surface area (Å²) in [5.41, 5.74) is 1.23. The quantitative estimate of drug-likeness (QED) is 0.801. The maximum Gasteiger partial charge on any atom is 0.125 e. The largest absolute Gasteiger partial charge is 0.395 e. The van der Waals surface area contributed by atoms with E-state index in [9.17, 15) is 4.39 Å². The minimum atomic E-state index is -0.370. The van der Waals surface area contributed by atoms with E-state index < -0.39 is 0 Å². The Morgan fingerprint density at radius 2 is 1.94 bits per heavy atom. The molecule has 90 valence electrons. The second kappa shape index (κ2) is 5.82. The van der Waals surface area contributed by atoms with Crippen LogP contribution in [0.5, 0.6) is 0 Å². The molecule has 3 nitrogen and oxygen atoms in total. The van der Waals surface area contributed by atoms with Crippen molar-refractivity contribution < 1.29 is 14.6 Å². The van der Waals surface area contributed by atoms with Crippen molar-refractivity contribution in [2.24, 2.45) is 0 Å². The molecular formula is C12H18FNO2. The van der Waals surface area contributed by atoms with E-state index in [1.54, 1.807) is 6.07 Å². The predicted molar refractivity (Wildman–Crippen MR) is 61.9 cm³/mol. The molecule has 2 N–H and O–H groups in total. The number of benzene rings is 1. The number of halogens is 1. The Morgan fingerprint density at radius 1 is 1.25 bits per heavy atom. The highest BCUT2D eigenvalue weighted by atomic mass is 19.1. The van der Waals surface area contributed by atoms with Crippen molar-refractivity contribution in [2.75, 3.05) is 18.1 Å². The topological polar surface area (TPSA) is 43.7 Å². The van der Waals surface area contributed by atoms with Gasteiger partial charge in [0.25, 0.3) is 0 Å². The zero-order chi connectivity index (χ0) is 12.1. The highest BCUT2D eigenvalue weighted by molar-refractivity contribution is 5.49. The summed E-state index contributed by atoms with van der Waals surface area (Å²) in [6, 6.07) is 4.62. The Kier molecular flexibility index (Phi) is 4.71. The maximum atomic E-state index is 13.3. The first kappa shape index (κ1) is 12.9. The van der Waals surface area contributed by atoms with E-state index in [2.05, 4.69) is 0 Å². The van der Waals surface area contributed by atoms with Gasteiger partial charge in [0.1, 0.15) is 5.82 Å². The highest BCUT2D eigenvalue weighted by Gasteiger charge is 2.11. The van der Waals surface area contributed by atoms with Crippen LogP contribution in [0.1, 0.15) is 19.4 Å². The Labute approximate surface area is 95.1 Å². The van der Waals surface area contributed by atoms with E-state index in [4.69, 9.17) is 10.2 Å². The number of rotatable bonds is 5. The van der Waals surface area contributed by atoms with Crippen LogP contribution in [0.25, 0.3) is 0 Å². The van der Waals surface area contributed by atoms with Crippen LogP contribution in [0, 0.1) is 5.82 Å². The summed E-state index contributed by atoms with van der Waals surface area (Å²) < 4.78 is 13.3. The van der Waals surface area contributed by atoms with E-state index in [0.717, 1.165) is 0 Å². The molecule has 0 atom stereocenters. The number of nitrogens with zero attached hydrogens (tertiary/aromatic N) is 1. The van der Waals surface area contributed by atoms with Crippen LogP contribution in [-0.4, -0.2) is 29.4 Å². The molecule has 1 aromatic carbocycles. The third kappa shape index (κ3) is 3.18. The molecule has 0 saturated carbocycles. The molecule has 0 spiro atoms. The first-order valence-corrected chi connectivity index (χ1v) is 5.36. The van der Waals surface area contributed by atoms with Crippen molar-refractivity contribution in [1.29, 1.82) is 0 Å². The highest BCUT2D eigenvalue weighted by Crippen LogP contribution is 2.20. The second-order valence-electron chi connectivity index (χ2n) is 3.99. The monoisotopic (exact) mass is 227 g/mol. The third-order valence-electron chi connectivity index (χ3n) is 2.42. The van der Waals surface area contributed by atoms with Gasteiger partial charge < -0.3 is 15.1 Å². The van der Waals surface area contributed by atoms with Crippen LogP contribution in [-0.2, 0) is 6.61 Å². The molecule has 0 aliphatic heterocycles. The molecule has 1 rings (SSSR count). The van der Waals surface area contributed by atoms with E-state index >= 15 is 0 Å². The number of hydrogen-bond donors (Lipinski definition) is 2. The van der Waals surface area contributed by atoms with Crippen molar-refractivity contribution in [1.82, 2.24) is 0 Å². The molecule has 0 heterocycles. The number of hydrogen-bond acceptors (Lipinski definition) is 3. The lowest BCUT2D eigenvalue weighted by Gasteiger charge is -2.28. The molecule has 1 aromatic rings. The van der Waals surface area contributed by atoms with Crippen LogP contribution >= 0.6 is 0 Å². The van der Waals surface area contributed by atoms with Crippen molar-refractivity contribution in [2.45, 2.75) is 26.5 Å². The summed E-state index contributed by atoms with van der Waals surface area (Å²) in [6.07, 6.45) is 0. The van der Waals surface area contributed by atoms with E-state index in [1.807, 2.05) is 18.7 Å². The van der Waals surface area contributed by atoms with Crippen LogP contribution in [0.2, 0.25) is 0 Å². The molecule has 4 heteroatoms. The normalized spacial score (nSPS) is 10.9. The van der Waals surface area contributed by atoms with Crippen molar-refractivity contribution >= 4 is 5.69 Å². The van der Waals surface area contributed by atoms with Gasteiger partial charge in [0, 0.05) is 18.3 Å². The van der Waals surface area contributed by atoms with Crippen molar-refractivity contribution in [3.05, 3.63) is 29.6 Å². The zero-order valence-corrected chi connectivity index (χ0v) is 9.65. The molecule has 16 heavy (non-hydrogen) atoms. The molecule has 0 saturated heterocycles. The first-order valence-electron chi connectivity index (χ1n) is 5.36. The molecule has 0 radical (unpaired) electrons. The Hall–Kier alpha value is -1.13. The summed E-state index contributed by atoms with van der Waals surface area (Å²) in [5.74, 6) is -0.370. The van der Waals surface area contributed by atoms with Gasteiger partial charge in [0.15, 0.2) is 0 Å². The second-order valence-corrected chi connectivity index (χ2v) is 3.99. The minimum absolute atomic E-state index is 0.0170. The summed E-state index contributed by atoms with van der Waals surface area (Å²) in [7, 11) is 0. The fourth-order valence-corrected chi connectivity index (χ4v) is 1.68. The Balaban J connectivity index is 3.03. The summed E-state index contributed by atoms with van der Waals surface area (Å²) in [5, 5.41) is 18.0. The van der Waals surface area contributed by atoms with Crippen LogP contribution in [0.3, 0.4) is 0 Å². The molecule has 0 amide bonds. The van der Waals surface area contributed by atoms with E-state index in [1.165, 1.54) is 12.1 Å². The Morgan fingerprint density at radius 3 is 2.44 bits per heavy atom. The van der Waals surface area contributed by atoms with E-state index in [-0.39, 0.29) is 25.1 Å². The summed E-state index contributed by atoms with van der Waals surface area (Å²) in [6.45, 7) is 4.23. The average Bonchev–Trinajstić information content (AvgIpc) is 2.24.